The van der Waals surface area contributed by atoms with Crippen molar-refractivity contribution >= 4 is 29.0 Å². The maximum atomic E-state index is 5.82. The summed E-state index contributed by atoms with van der Waals surface area (Å²) in [5.41, 5.74) is 6.51. The Morgan fingerprint density at radius 1 is 1.44 bits per heavy atom. The van der Waals surface area contributed by atoms with Crippen molar-refractivity contribution in [3.05, 3.63) is 24.2 Å². The standard InChI is InChI=1S/C10H10N4S2/c11-7-2-1-5-12-9(7)15-10-13-8(14-16-10)6-3-4-6/h1-2,5-6H,3-4,11H2. The quantitative estimate of drug-likeness (QED) is 0.907. The van der Waals surface area contributed by atoms with Gasteiger partial charge in [0.15, 0.2) is 4.34 Å². The van der Waals surface area contributed by atoms with Crippen LogP contribution in [0.1, 0.15) is 24.6 Å². The van der Waals surface area contributed by atoms with Gasteiger partial charge in [0.05, 0.1) is 5.69 Å². The molecular weight excluding hydrogens is 240 g/mol. The molecule has 3 rings (SSSR count). The van der Waals surface area contributed by atoms with Crippen molar-refractivity contribution in [1.29, 1.82) is 0 Å². The maximum absolute atomic E-state index is 5.82. The number of nitrogen functional groups attached to an aromatic ring is 1. The van der Waals surface area contributed by atoms with Gasteiger partial charge in [-0.25, -0.2) is 9.97 Å². The van der Waals surface area contributed by atoms with Gasteiger partial charge < -0.3 is 5.73 Å². The lowest BCUT2D eigenvalue weighted by Gasteiger charge is -1.99. The molecule has 1 saturated carbocycles. The van der Waals surface area contributed by atoms with Crippen LogP contribution in [0.25, 0.3) is 0 Å². The molecule has 0 unspecified atom stereocenters. The second-order valence-electron chi connectivity index (χ2n) is 3.69. The van der Waals surface area contributed by atoms with Crippen LogP contribution in [0.3, 0.4) is 0 Å². The van der Waals surface area contributed by atoms with Crippen molar-refractivity contribution in [2.24, 2.45) is 0 Å². The topological polar surface area (TPSA) is 64.7 Å². The summed E-state index contributed by atoms with van der Waals surface area (Å²) < 4.78 is 5.27. The minimum Gasteiger partial charge on any atom is -0.397 e. The second-order valence-corrected chi connectivity index (χ2v) is 5.68. The van der Waals surface area contributed by atoms with E-state index in [-0.39, 0.29) is 0 Å². The summed E-state index contributed by atoms with van der Waals surface area (Å²) in [7, 11) is 0. The first-order valence-corrected chi connectivity index (χ1v) is 6.64. The third-order valence-corrected chi connectivity index (χ3v) is 4.15. The fourth-order valence-corrected chi connectivity index (χ4v) is 2.94. The highest BCUT2D eigenvalue weighted by Crippen LogP contribution is 2.40. The van der Waals surface area contributed by atoms with Crippen molar-refractivity contribution in [3.63, 3.8) is 0 Å². The molecule has 0 spiro atoms. The smallest absolute Gasteiger partial charge is 0.176 e. The number of pyridine rings is 1. The van der Waals surface area contributed by atoms with Crippen LogP contribution in [0.15, 0.2) is 27.7 Å². The van der Waals surface area contributed by atoms with Crippen molar-refractivity contribution in [2.45, 2.75) is 28.1 Å². The molecule has 2 aromatic rings. The molecule has 82 valence electrons. The largest absolute Gasteiger partial charge is 0.397 e. The molecule has 1 fully saturated rings. The second kappa shape index (κ2) is 4.03. The highest BCUT2D eigenvalue weighted by atomic mass is 32.2. The highest BCUT2D eigenvalue weighted by Gasteiger charge is 2.28. The van der Waals surface area contributed by atoms with Crippen LogP contribution in [0, 0.1) is 0 Å². The van der Waals surface area contributed by atoms with Gasteiger partial charge in [-0.2, -0.15) is 4.37 Å². The Morgan fingerprint density at radius 3 is 3.06 bits per heavy atom. The molecule has 1 aliphatic rings. The van der Waals surface area contributed by atoms with Gasteiger partial charge in [-0.15, -0.1) is 0 Å². The van der Waals surface area contributed by atoms with E-state index >= 15 is 0 Å². The first-order valence-electron chi connectivity index (χ1n) is 5.05. The molecule has 0 atom stereocenters. The average Bonchev–Trinajstić information content (AvgIpc) is 3.03. The van der Waals surface area contributed by atoms with E-state index in [1.54, 1.807) is 6.20 Å². The Bertz CT molecular complexity index is 507. The molecule has 2 aromatic heterocycles. The summed E-state index contributed by atoms with van der Waals surface area (Å²) in [4.78, 5) is 8.70. The normalized spacial score (nSPS) is 15.2. The van der Waals surface area contributed by atoms with Crippen LogP contribution < -0.4 is 5.73 Å². The fraction of sp³-hybridized carbons (Fsp3) is 0.300. The first-order chi connectivity index (χ1) is 7.83. The summed E-state index contributed by atoms with van der Waals surface area (Å²) in [6.45, 7) is 0. The number of anilines is 1. The van der Waals surface area contributed by atoms with E-state index in [9.17, 15) is 0 Å². The van der Waals surface area contributed by atoms with Crippen LogP contribution in [0.2, 0.25) is 0 Å². The molecule has 0 bridgehead atoms. The zero-order valence-corrected chi connectivity index (χ0v) is 10.1. The monoisotopic (exact) mass is 250 g/mol. The summed E-state index contributed by atoms with van der Waals surface area (Å²) in [5, 5.41) is 0.806. The zero-order valence-electron chi connectivity index (χ0n) is 8.46. The van der Waals surface area contributed by atoms with Crippen molar-refractivity contribution < 1.29 is 0 Å². The molecule has 6 heteroatoms. The third-order valence-electron chi connectivity index (χ3n) is 2.35. The Kier molecular flexibility index (Phi) is 2.53. The SMILES string of the molecule is Nc1cccnc1Sc1nc(C2CC2)ns1. The third kappa shape index (κ3) is 2.03. The Labute approximate surface area is 101 Å². The van der Waals surface area contributed by atoms with E-state index < -0.39 is 0 Å². The number of aromatic nitrogens is 3. The van der Waals surface area contributed by atoms with E-state index in [0.29, 0.717) is 11.6 Å². The molecule has 4 nitrogen and oxygen atoms in total. The summed E-state index contributed by atoms with van der Waals surface area (Å²) >= 11 is 2.92. The van der Waals surface area contributed by atoms with E-state index in [4.69, 9.17) is 5.73 Å². The van der Waals surface area contributed by atoms with Crippen LogP contribution in [0.4, 0.5) is 5.69 Å². The Balaban J connectivity index is 1.80. The van der Waals surface area contributed by atoms with E-state index in [2.05, 4.69) is 14.3 Å². The fourth-order valence-electron chi connectivity index (χ4n) is 1.34. The van der Waals surface area contributed by atoms with Gasteiger partial charge in [-0.3, -0.25) is 0 Å². The number of hydrogen-bond donors (Lipinski definition) is 1. The molecule has 2 heterocycles. The summed E-state index contributed by atoms with van der Waals surface area (Å²) in [6, 6.07) is 3.67. The van der Waals surface area contributed by atoms with Gasteiger partial charge in [0, 0.05) is 12.1 Å². The average molecular weight is 250 g/mol. The predicted molar refractivity (Wildman–Crippen MR) is 64.7 cm³/mol. The number of hydrogen-bond acceptors (Lipinski definition) is 6. The van der Waals surface area contributed by atoms with Gasteiger partial charge in [0.2, 0.25) is 0 Å². The molecule has 0 radical (unpaired) electrons. The molecule has 16 heavy (non-hydrogen) atoms. The van der Waals surface area contributed by atoms with Gasteiger partial charge in [0.25, 0.3) is 0 Å². The van der Waals surface area contributed by atoms with Crippen molar-refractivity contribution in [3.8, 4) is 0 Å². The number of nitrogens with zero attached hydrogens (tertiary/aromatic N) is 3. The lowest BCUT2D eigenvalue weighted by atomic mass is 10.4. The molecule has 2 N–H and O–H groups in total. The summed E-state index contributed by atoms with van der Waals surface area (Å²) in [5.74, 6) is 1.59. The van der Waals surface area contributed by atoms with Crippen LogP contribution >= 0.6 is 23.3 Å². The van der Waals surface area contributed by atoms with Gasteiger partial charge in [-0.1, -0.05) is 0 Å². The maximum Gasteiger partial charge on any atom is 0.176 e. The van der Waals surface area contributed by atoms with Crippen LogP contribution in [-0.4, -0.2) is 14.3 Å². The van der Waals surface area contributed by atoms with Crippen LogP contribution in [-0.2, 0) is 0 Å². The van der Waals surface area contributed by atoms with Crippen molar-refractivity contribution in [2.75, 3.05) is 5.73 Å². The molecule has 0 saturated heterocycles. The number of rotatable bonds is 3. The van der Waals surface area contributed by atoms with Gasteiger partial charge in [0.1, 0.15) is 10.9 Å². The zero-order chi connectivity index (χ0) is 11.0. The molecule has 1 aliphatic carbocycles. The lowest BCUT2D eigenvalue weighted by molar-refractivity contribution is 0.957. The Hall–Kier alpha value is -1.14. The van der Waals surface area contributed by atoms with Gasteiger partial charge >= 0.3 is 0 Å². The molecular formula is C10H10N4S2. The van der Waals surface area contributed by atoms with E-state index in [0.717, 1.165) is 15.2 Å². The Morgan fingerprint density at radius 2 is 2.31 bits per heavy atom. The van der Waals surface area contributed by atoms with Gasteiger partial charge in [-0.05, 0) is 48.3 Å². The van der Waals surface area contributed by atoms with Crippen LogP contribution in [0.5, 0.6) is 0 Å². The number of nitrogens with two attached hydrogens (primary N) is 1. The minimum atomic E-state index is 0.603. The molecule has 0 amide bonds. The van der Waals surface area contributed by atoms with E-state index in [1.807, 2.05) is 12.1 Å². The highest BCUT2D eigenvalue weighted by molar-refractivity contribution is 8.01. The lowest BCUT2D eigenvalue weighted by Crippen LogP contribution is -1.90. The summed E-state index contributed by atoms with van der Waals surface area (Å²) in [6.07, 6.45) is 4.20. The van der Waals surface area contributed by atoms with E-state index in [1.165, 1.54) is 36.1 Å². The predicted octanol–water partition coefficient (Wildman–Crippen LogP) is 2.54. The van der Waals surface area contributed by atoms with Crippen molar-refractivity contribution in [1.82, 2.24) is 14.3 Å². The molecule has 0 aromatic carbocycles. The first kappa shape index (κ1) is 10.0. The molecule has 0 aliphatic heterocycles. The minimum absolute atomic E-state index is 0.603.